The third-order valence-electron chi connectivity index (χ3n) is 4.54. The molecule has 2 nitrogen and oxygen atoms in total. The van der Waals surface area contributed by atoms with Crippen LogP contribution in [-0.4, -0.2) is 36.6 Å². The summed E-state index contributed by atoms with van der Waals surface area (Å²) in [7, 11) is 2.29. The summed E-state index contributed by atoms with van der Waals surface area (Å²) in [5, 5.41) is 3.71. The van der Waals surface area contributed by atoms with Crippen LogP contribution in [0.1, 0.15) is 74.1 Å². The molecule has 0 aromatic carbocycles. The summed E-state index contributed by atoms with van der Waals surface area (Å²) in [6.45, 7) is 18.4. The van der Waals surface area contributed by atoms with Gasteiger partial charge in [0.25, 0.3) is 0 Å². The van der Waals surface area contributed by atoms with Crippen molar-refractivity contribution >= 4 is 0 Å². The molecule has 1 N–H and O–H groups in total. The predicted molar refractivity (Wildman–Crippen MR) is 87.8 cm³/mol. The summed E-state index contributed by atoms with van der Waals surface area (Å²) in [4.78, 5) is 2.56. The molecular weight excluding hydrogens is 232 g/mol. The topological polar surface area (TPSA) is 15.3 Å². The highest BCUT2D eigenvalue weighted by Crippen LogP contribution is 2.28. The fraction of sp³-hybridized carbons (Fsp3) is 1.00. The van der Waals surface area contributed by atoms with E-state index in [9.17, 15) is 0 Å². The normalized spacial score (nSPS) is 15.0. The molecule has 0 aromatic rings. The summed E-state index contributed by atoms with van der Waals surface area (Å²) in [6, 6.07) is 0.692. The first-order valence-electron chi connectivity index (χ1n) is 8.15. The standard InChI is InChI=1S/C17H38N2/c1-9-12-15(4)19(8)14-17(10-2,11-3)13-18-16(5,6)7/h15,18H,9-14H2,1-8H3. The van der Waals surface area contributed by atoms with Gasteiger partial charge in [-0.25, -0.2) is 0 Å². The molecular formula is C17H38N2. The molecule has 19 heavy (non-hydrogen) atoms. The van der Waals surface area contributed by atoms with Crippen LogP contribution in [0.4, 0.5) is 0 Å². The van der Waals surface area contributed by atoms with Crippen molar-refractivity contribution in [2.45, 2.75) is 85.7 Å². The molecule has 0 amide bonds. The maximum Gasteiger partial charge on any atom is 0.00967 e. The zero-order chi connectivity index (χ0) is 15.1. The first kappa shape index (κ1) is 18.9. The van der Waals surface area contributed by atoms with E-state index in [2.05, 4.69) is 65.7 Å². The van der Waals surface area contributed by atoms with E-state index in [0.29, 0.717) is 11.5 Å². The highest BCUT2D eigenvalue weighted by molar-refractivity contribution is 4.86. The second kappa shape index (κ2) is 8.26. The molecule has 0 rings (SSSR count). The zero-order valence-corrected chi connectivity index (χ0v) is 14.8. The van der Waals surface area contributed by atoms with E-state index in [1.54, 1.807) is 0 Å². The Labute approximate surface area is 122 Å². The molecule has 2 heteroatoms. The molecule has 1 atom stereocenters. The van der Waals surface area contributed by atoms with Crippen LogP contribution in [0.25, 0.3) is 0 Å². The fourth-order valence-electron chi connectivity index (χ4n) is 2.56. The van der Waals surface area contributed by atoms with Crippen molar-refractivity contribution < 1.29 is 0 Å². The molecule has 1 unspecified atom stereocenters. The molecule has 0 aromatic heterocycles. The lowest BCUT2D eigenvalue weighted by molar-refractivity contribution is 0.116. The van der Waals surface area contributed by atoms with Gasteiger partial charge in [-0.15, -0.1) is 0 Å². The molecule has 0 aliphatic rings. The second-order valence-electron chi connectivity index (χ2n) is 7.36. The van der Waals surface area contributed by atoms with Gasteiger partial charge in [-0.2, -0.15) is 0 Å². The monoisotopic (exact) mass is 270 g/mol. The Morgan fingerprint density at radius 2 is 1.58 bits per heavy atom. The Bertz CT molecular complexity index is 226. The molecule has 116 valence electrons. The summed E-state index contributed by atoms with van der Waals surface area (Å²) in [6.07, 6.45) is 5.06. The number of hydrogen-bond donors (Lipinski definition) is 1. The van der Waals surface area contributed by atoms with Gasteiger partial charge < -0.3 is 10.2 Å². The lowest BCUT2D eigenvalue weighted by atomic mass is 9.80. The molecule has 0 fully saturated rings. The van der Waals surface area contributed by atoms with Gasteiger partial charge in [0, 0.05) is 24.7 Å². The third-order valence-corrected chi connectivity index (χ3v) is 4.54. The minimum atomic E-state index is 0.212. The maximum absolute atomic E-state index is 3.71. The van der Waals surface area contributed by atoms with Crippen molar-refractivity contribution in [1.82, 2.24) is 10.2 Å². The predicted octanol–water partition coefficient (Wildman–Crippen LogP) is 4.30. The zero-order valence-electron chi connectivity index (χ0n) is 14.8. The molecule has 0 bridgehead atoms. The van der Waals surface area contributed by atoms with Gasteiger partial charge in [0.2, 0.25) is 0 Å². The molecule has 0 saturated heterocycles. The Morgan fingerprint density at radius 3 is 1.95 bits per heavy atom. The first-order chi connectivity index (χ1) is 8.69. The average Bonchev–Trinajstić information content (AvgIpc) is 2.33. The van der Waals surface area contributed by atoms with Crippen molar-refractivity contribution in [1.29, 1.82) is 0 Å². The smallest absolute Gasteiger partial charge is 0.00967 e. The Balaban J connectivity index is 4.61. The summed E-state index contributed by atoms with van der Waals surface area (Å²) in [5.74, 6) is 0. The van der Waals surface area contributed by atoms with E-state index >= 15 is 0 Å². The molecule has 0 aliphatic carbocycles. The van der Waals surface area contributed by atoms with Crippen LogP contribution >= 0.6 is 0 Å². The van der Waals surface area contributed by atoms with E-state index in [1.165, 1.54) is 32.2 Å². The number of nitrogens with one attached hydrogen (secondary N) is 1. The second-order valence-corrected chi connectivity index (χ2v) is 7.36. The van der Waals surface area contributed by atoms with Gasteiger partial charge in [0.1, 0.15) is 0 Å². The van der Waals surface area contributed by atoms with E-state index in [4.69, 9.17) is 0 Å². The third kappa shape index (κ3) is 7.31. The minimum absolute atomic E-state index is 0.212. The van der Waals surface area contributed by atoms with Gasteiger partial charge in [-0.3, -0.25) is 0 Å². The van der Waals surface area contributed by atoms with Crippen LogP contribution in [0.5, 0.6) is 0 Å². The van der Waals surface area contributed by atoms with E-state index < -0.39 is 0 Å². The fourth-order valence-corrected chi connectivity index (χ4v) is 2.56. The van der Waals surface area contributed by atoms with Crippen molar-refractivity contribution in [3.63, 3.8) is 0 Å². The number of rotatable bonds is 9. The van der Waals surface area contributed by atoms with Crippen LogP contribution < -0.4 is 5.32 Å². The van der Waals surface area contributed by atoms with Gasteiger partial charge in [0.05, 0.1) is 0 Å². The van der Waals surface area contributed by atoms with Gasteiger partial charge in [-0.05, 0) is 59.4 Å². The Kier molecular flexibility index (Phi) is 8.23. The van der Waals surface area contributed by atoms with Crippen molar-refractivity contribution in [3.8, 4) is 0 Å². The first-order valence-corrected chi connectivity index (χ1v) is 8.15. The summed E-state index contributed by atoms with van der Waals surface area (Å²) in [5.41, 5.74) is 0.618. The summed E-state index contributed by atoms with van der Waals surface area (Å²) >= 11 is 0. The highest BCUT2D eigenvalue weighted by Gasteiger charge is 2.30. The lowest BCUT2D eigenvalue weighted by Crippen LogP contribution is -2.49. The quantitative estimate of drug-likeness (QED) is 0.672. The molecule has 0 aliphatic heterocycles. The summed E-state index contributed by atoms with van der Waals surface area (Å²) < 4.78 is 0. The highest BCUT2D eigenvalue weighted by atomic mass is 15.1. The maximum atomic E-state index is 3.71. The van der Waals surface area contributed by atoms with Gasteiger partial charge in [-0.1, -0.05) is 27.2 Å². The Hall–Kier alpha value is -0.0800. The van der Waals surface area contributed by atoms with Gasteiger partial charge >= 0.3 is 0 Å². The van der Waals surface area contributed by atoms with Crippen molar-refractivity contribution in [3.05, 3.63) is 0 Å². The van der Waals surface area contributed by atoms with Crippen LogP contribution in [0, 0.1) is 5.41 Å². The van der Waals surface area contributed by atoms with E-state index in [-0.39, 0.29) is 5.54 Å². The molecule has 0 saturated carbocycles. The molecule has 0 radical (unpaired) electrons. The van der Waals surface area contributed by atoms with Gasteiger partial charge in [0.15, 0.2) is 0 Å². The van der Waals surface area contributed by atoms with Crippen molar-refractivity contribution in [2.75, 3.05) is 20.1 Å². The SMILES string of the molecule is CCCC(C)N(C)CC(CC)(CC)CNC(C)(C)C. The number of hydrogen-bond acceptors (Lipinski definition) is 2. The minimum Gasteiger partial charge on any atom is -0.311 e. The van der Waals surface area contributed by atoms with Crippen molar-refractivity contribution in [2.24, 2.45) is 5.41 Å². The van der Waals surface area contributed by atoms with E-state index in [1.807, 2.05) is 0 Å². The van der Waals surface area contributed by atoms with E-state index in [0.717, 1.165) is 6.54 Å². The number of nitrogens with zero attached hydrogens (tertiary/aromatic N) is 1. The van der Waals surface area contributed by atoms with Crippen LogP contribution in [0.3, 0.4) is 0 Å². The largest absolute Gasteiger partial charge is 0.311 e. The molecule has 0 spiro atoms. The van der Waals surface area contributed by atoms with Crippen LogP contribution in [0.2, 0.25) is 0 Å². The molecule has 0 heterocycles. The lowest BCUT2D eigenvalue weighted by Gasteiger charge is -2.40. The Morgan fingerprint density at radius 1 is 1.05 bits per heavy atom. The average molecular weight is 271 g/mol. The van der Waals surface area contributed by atoms with Crippen LogP contribution in [0.15, 0.2) is 0 Å². The van der Waals surface area contributed by atoms with Crippen LogP contribution in [-0.2, 0) is 0 Å².